The van der Waals surface area contributed by atoms with Crippen molar-refractivity contribution in [2.75, 3.05) is 5.32 Å². The van der Waals surface area contributed by atoms with Gasteiger partial charge in [-0.15, -0.1) is 0 Å². The Kier molecular flexibility index (Phi) is 4.90. The molecule has 0 bridgehead atoms. The van der Waals surface area contributed by atoms with Crippen molar-refractivity contribution in [1.82, 2.24) is 0 Å². The van der Waals surface area contributed by atoms with Crippen molar-refractivity contribution in [2.24, 2.45) is 11.8 Å². The van der Waals surface area contributed by atoms with Crippen LogP contribution in [0, 0.1) is 18.8 Å². The summed E-state index contributed by atoms with van der Waals surface area (Å²) in [5.41, 5.74) is 4.27. The van der Waals surface area contributed by atoms with Crippen LogP contribution in [0.25, 0.3) is 0 Å². The normalized spacial score (nSPS) is 23.6. The molecule has 106 valence electrons. The predicted octanol–water partition coefficient (Wildman–Crippen LogP) is 5.18. The number of rotatable bonds is 4. The zero-order chi connectivity index (χ0) is 13.8. The molecular formula is C18H29N. The molecule has 2 atom stereocenters. The highest BCUT2D eigenvalue weighted by atomic mass is 14.9. The Morgan fingerprint density at radius 3 is 2.63 bits per heavy atom. The number of benzene rings is 1. The second kappa shape index (κ2) is 6.45. The van der Waals surface area contributed by atoms with Crippen LogP contribution in [0.3, 0.4) is 0 Å². The largest absolute Gasteiger partial charge is 0.382 e. The van der Waals surface area contributed by atoms with Gasteiger partial charge in [0.1, 0.15) is 0 Å². The second-order valence-corrected chi connectivity index (χ2v) is 6.41. The Labute approximate surface area is 118 Å². The van der Waals surface area contributed by atoms with Crippen LogP contribution < -0.4 is 5.32 Å². The monoisotopic (exact) mass is 259 g/mol. The maximum absolute atomic E-state index is 3.90. The maximum atomic E-state index is 3.90. The first kappa shape index (κ1) is 14.4. The van der Waals surface area contributed by atoms with Crippen LogP contribution in [-0.4, -0.2) is 6.04 Å². The number of hydrogen-bond donors (Lipinski definition) is 1. The van der Waals surface area contributed by atoms with E-state index >= 15 is 0 Å². The van der Waals surface area contributed by atoms with Gasteiger partial charge in [-0.05, 0) is 49.1 Å². The van der Waals surface area contributed by atoms with E-state index in [0.29, 0.717) is 6.04 Å². The molecule has 0 radical (unpaired) electrons. The van der Waals surface area contributed by atoms with Crippen LogP contribution in [0.4, 0.5) is 5.69 Å². The molecule has 0 aliphatic heterocycles. The fourth-order valence-corrected chi connectivity index (χ4v) is 3.55. The molecule has 1 aromatic carbocycles. The second-order valence-electron chi connectivity index (χ2n) is 6.41. The molecule has 0 aromatic heterocycles. The molecule has 1 fully saturated rings. The Hall–Kier alpha value is -0.980. The van der Waals surface area contributed by atoms with Crippen LogP contribution in [-0.2, 0) is 6.42 Å². The number of hydrogen-bond acceptors (Lipinski definition) is 1. The van der Waals surface area contributed by atoms with Gasteiger partial charge >= 0.3 is 0 Å². The first-order valence-corrected chi connectivity index (χ1v) is 7.98. The minimum Gasteiger partial charge on any atom is -0.382 e. The van der Waals surface area contributed by atoms with Gasteiger partial charge in [-0.25, -0.2) is 0 Å². The molecule has 0 saturated heterocycles. The Morgan fingerprint density at radius 1 is 1.21 bits per heavy atom. The third-order valence-corrected chi connectivity index (χ3v) is 4.75. The Morgan fingerprint density at radius 2 is 1.95 bits per heavy atom. The van der Waals surface area contributed by atoms with Gasteiger partial charge in [-0.3, -0.25) is 0 Å². The first-order valence-electron chi connectivity index (χ1n) is 7.98. The number of nitrogens with one attached hydrogen (secondary N) is 1. The van der Waals surface area contributed by atoms with E-state index in [1.165, 1.54) is 42.5 Å². The number of anilines is 1. The average molecular weight is 259 g/mol. The highest BCUT2D eigenvalue weighted by molar-refractivity contribution is 5.58. The van der Waals surface area contributed by atoms with E-state index in [4.69, 9.17) is 0 Å². The zero-order valence-electron chi connectivity index (χ0n) is 13.0. The van der Waals surface area contributed by atoms with Crippen LogP contribution in [0.15, 0.2) is 18.2 Å². The molecule has 0 spiro atoms. The van der Waals surface area contributed by atoms with Crippen LogP contribution in [0.2, 0.25) is 0 Å². The fourth-order valence-electron chi connectivity index (χ4n) is 3.55. The molecule has 2 rings (SSSR count). The lowest BCUT2D eigenvalue weighted by atomic mass is 9.77. The summed E-state index contributed by atoms with van der Waals surface area (Å²) < 4.78 is 0. The summed E-state index contributed by atoms with van der Waals surface area (Å²) in [6.45, 7) is 9.24. The summed E-state index contributed by atoms with van der Waals surface area (Å²) in [4.78, 5) is 0. The summed E-state index contributed by atoms with van der Waals surface area (Å²) in [5.74, 6) is 1.62. The summed E-state index contributed by atoms with van der Waals surface area (Å²) >= 11 is 0. The lowest BCUT2D eigenvalue weighted by Gasteiger charge is -2.36. The summed E-state index contributed by atoms with van der Waals surface area (Å²) in [6, 6.07) is 7.34. The van der Waals surface area contributed by atoms with E-state index in [9.17, 15) is 0 Å². The van der Waals surface area contributed by atoms with Crippen LogP contribution in [0.1, 0.15) is 57.6 Å². The molecule has 1 nitrogen and oxygen atoms in total. The van der Waals surface area contributed by atoms with Crippen molar-refractivity contribution in [3.8, 4) is 0 Å². The molecule has 1 N–H and O–H groups in total. The maximum Gasteiger partial charge on any atom is 0.0404 e. The van der Waals surface area contributed by atoms with Crippen molar-refractivity contribution >= 4 is 5.69 Å². The molecule has 1 saturated carbocycles. The molecule has 0 heterocycles. The van der Waals surface area contributed by atoms with Crippen molar-refractivity contribution in [3.05, 3.63) is 29.3 Å². The highest BCUT2D eigenvalue weighted by Crippen LogP contribution is 2.34. The van der Waals surface area contributed by atoms with Gasteiger partial charge in [0, 0.05) is 11.7 Å². The minimum absolute atomic E-state index is 0.667. The summed E-state index contributed by atoms with van der Waals surface area (Å²) in [5, 5.41) is 3.90. The standard InChI is InChI=1S/C18H29N/c1-5-15-10-8-9-14(4)18(15)19-17-12-7-6-11-16(17)13(2)3/h8-10,13,16-17,19H,5-7,11-12H2,1-4H3. The van der Waals surface area contributed by atoms with Crippen molar-refractivity contribution in [3.63, 3.8) is 0 Å². The van der Waals surface area contributed by atoms with Crippen LogP contribution in [0.5, 0.6) is 0 Å². The fraction of sp³-hybridized carbons (Fsp3) is 0.667. The Bertz CT molecular complexity index is 408. The lowest BCUT2D eigenvalue weighted by Crippen LogP contribution is -2.35. The van der Waals surface area contributed by atoms with Crippen molar-refractivity contribution in [1.29, 1.82) is 0 Å². The smallest absolute Gasteiger partial charge is 0.0404 e. The topological polar surface area (TPSA) is 12.0 Å². The predicted molar refractivity (Wildman–Crippen MR) is 84.8 cm³/mol. The summed E-state index contributed by atoms with van der Waals surface area (Å²) in [7, 11) is 0. The number of para-hydroxylation sites is 1. The third-order valence-electron chi connectivity index (χ3n) is 4.75. The number of aryl methyl sites for hydroxylation is 2. The zero-order valence-corrected chi connectivity index (χ0v) is 13.0. The molecule has 1 aliphatic carbocycles. The molecule has 2 unspecified atom stereocenters. The van der Waals surface area contributed by atoms with Gasteiger partial charge in [0.05, 0.1) is 0 Å². The molecular weight excluding hydrogens is 230 g/mol. The van der Waals surface area contributed by atoms with Gasteiger partial charge in [0.2, 0.25) is 0 Å². The van der Waals surface area contributed by atoms with E-state index in [1.807, 2.05) is 0 Å². The van der Waals surface area contributed by atoms with Crippen molar-refractivity contribution in [2.45, 2.75) is 65.8 Å². The quantitative estimate of drug-likeness (QED) is 0.785. The van der Waals surface area contributed by atoms with Gasteiger partial charge in [-0.1, -0.05) is 51.8 Å². The molecule has 19 heavy (non-hydrogen) atoms. The molecule has 1 heteroatoms. The van der Waals surface area contributed by atoms with Gasteiger partial charge < -0.3 is 5.32 Å². The lowest BCUT2D eigenvalue weighted by molar-refractivity contribution is 0.253. The first-order chi connectivity index (χ1) is 9.13. The molecule has 1 aromatic rings. The Balaban J connectivity index is 2.19. The average Bonchev–Trinajstić information content (AvgIpc) is 2.41. The van der Waals surface area contributed by atoms with E-state index in [1.54, 1.807) is 0 Å². The molecule has 1 aliphatic rings. The van der Waals surface area contributed by atoms with E-state index in [-0.39, 0.29) is 0 Å². The third kappa shape index (κ3) is 3.32. The highest BCUT2D eigenvalue weighted by Gasteiger charge is 2.27. The van der Waals surface area contributed by atoms with Crippen molar-refractivity contribution < 1.29 is 0 Å². The van der Waals surface area contributed by atoms with E-state index < -0.39 is 0 Å². The van der Waals surface area contributed by atoms with Crippen LogP contribution >= 0.6 is 0 Å². The van der Waals surface area contributed by atoms with Gasteiger partial charge in [0.15, 0.2) is 0 Å². The SMILES string of the molecule is CCc1cccc(C)c1NC1CCCCC1C(C)C. The van der Waals surface area contributed by atoms with Gasteiger partial charge in [0.25, 0.3) is 0 Å². The summed E-state index contributed by atoms with van der Waals surface area (Å²) in [6.07, 6.45) is 6.63. The van der Waals surface area contributed by atoms with E-state index in [0.717, 1.165) is 18.3 Å². The minimum atomic E-state index is 0.667. The van der Waals surface area contributed by atoms with E-state index in [2.05, 4.69) is 51.2 Å². The molecule has 0 amide bonds. The van der Waals surface area contributed by atoms with Gasteiger partial charge in [-0.2, -0.15) is 0 Å².